The smallest absolute Gasteiger partial charge is 0.225 e. The molecular weight excluding hydrogens is 385 g/mol. The number of ether oxygens (including phenoxy) is 1. The Labute approximate surface area is 178 Å². The van der Waals surface area contributed by atoms with E-state index in [1.54, 1.807) is 24.1 Å². The zero-order valence-electron chi connectivity index (χ0n) is 17.9. The van der Waals surface area contributed by atoms with Gasteiger partial charge in [0.1, 0.15) is 5.82 Å². The second-order valence-electron chi connectivity index (χ2n) is 8.27. The summed E-state index contributed by atoms with van der Waals surface area (Å²) in [4.78, 5) is 29.9. The Hall–Kier alpha value is -1.99. The zero-order chi connectivity index (χ0) is 21.3. The van der Waals surface area contributed by atoms with Gasteiger partial charge in [-0.05, 0) is 63.0 Å². The number of rotatable bonds is 9. The lowest BCUT2D eigenvalue weighted by Crippen LogP contribution is -2.49. The van der Waals surface area contributed by atoms with Crippen LogP contribution in [0.2, 0.25) is 0 Å². The first kappa shape index (κ1) is 22.7. The van der Waals surface area contributed by atoms with Gasteiger partial charge in [0.25, 0.3) is 0 Å². The van der Waals surface area contributed by atoms with Gasteiger partial charge in [-0.15, -0.1) is 0 Å². The van der Waals surface area contributed by atoms with Crippen LogP contribution in [0.15, 0.2) is 24.3 Å². The van der Waals surface area contributed by atoms with Gasteiger partial charge < -0.3 is 19.9 Å². The molecule has 30 heavy (non-hydrogen) atoms. The van der Waals surface area contributed by atoms with E-state index in [-0.39, 0.29) is 23.5 Å². The standard InChI is InChI=1S/C23H34FN3O3/c1-30-17-16-27-21(28)11-10-20(22(27)18-6-8-19(24)9-7-18)23(29)25-12-5-15-26-13-3-2-4-14-26/h6-9,20,22H,2-5,10-17H2,1H3,(H,25,29)/t20-,22+/m1/s1. The fourth-order valence-electron chi connectivity index (χ4n) is 4.58. The van der Waals surface area contributed by atoms with E-state index >= 15 is 0 Å². The van der Waals surface area contributed by atoms with E-state index in [9.17, 15) is 14.0 Å². The lowest BCUT2D eigenvalue weighted by atomic mass is 9.83. The Morgan fingerprint density at radius 3 is 2.60 bits per heavy atom. The van der Waals surface area contributed by atoms with Crippen molar-refractivity contribution >= 4 is 11.8 Å². The SMILES string of the molecule is COCCN1C(=O)CC[C@@H](C(=O)NCCCN2CCCCC2)[C@@H]1c1ccc(F)cc1. The molecule has 1 N–H and O–H groups in total. The highest BCUT2D eigenvalue weighted by molar-refractivity contribution is 5.85. The Bertz CT molecular complexity index is 691. The van der Waals surface area contributed by atoms with Crippen molar-refractivity contribution in [1.82, 2.24) is 15.1 Å². The van der Waals surface area contributed by atoms with Crippen LogP contribution in [0.4, 0.5) is 4.39 Å². The molecule has 0 radical (unpaired) electrons. The van der Waals surface area contributed by atoms with Crippen LogP contribution in [0.3, 0.4) is 0 Å². The molecular formula is C23H34FN3O3. The van der Waals surface area contributed by atoms with Crippen molar-refractivity contribution in [2.24, 2.45) is 5.92 Å². The van der Waals surface area contributed by atoms with Gasteiger partial charge in [0.2, 0.25) is 11.8 Å². The molecule has 1 aromatic rings. The molecule has 0 spiro atoms. The van der Waals surface area contributed by atoms with Crippen LogP contribution in [0.1, 0.15) is 50.1 Å². The van der Waals surface area contributed by atoms with Crippen LogP contribution in [0.5, 0.6) is 0 Å². The maximum atomic E-state index is 13.5. The fraction of sp³-hybridized carbons (Fsp3) is 0.652. The molecule has 2 amide bonds. The number of nitrogens with zero attached hydrogens (tertiary/aromatic N) is 2. The summed E-state index contributed by atoms with van der Waals surface area (Å²) < 4.78 is 18.6. The largest absolute Gasteiger partial charge is 0.383 e. The lowest BCUT2D eigenvalue weighted by molar-refractivity contribution is -0.144. The summed E-state index contributed by atoms with van der Waals surface area (Å²) in [7, 11) is 1.59. The Morgan fingerprint density at radius 2 is 1.90 bits per heavy atom. The van der Waals surface area contributed by atoms with Crippen LogP contribution >= 0.6 is 0 Å². The van der Waals surface area contributed by atoms with Crippen molar-refractivity contribution < 1.29 is 18.7 Å². The molecule has 2 heterocycles. The molecule has 2 atom stereocenters. The third kappa shape index (κ3) is 6.01. The number of amides is 2. The first-order valence-electron chi connectivity index (χ1n) is 11.1. The highest BCUT2D eigenvalue weighted by Gasteiger charge is 2.40. The average molecular weight is 420 g/mol. The molecule has 0 saturated carbocycles. The summed E-state index contributed by atoms with van der Waals surface area (Å²) in [6.45, 7) is 4.75. The van der Waals surface area contributed by atoms with E-state index in [4.69, 9.17) is 4.74 Å². The van der Waals surface area contributed by atoms with Crippen LogP contribution in [-0.2, 0) is 14.3 Å². The quantitative estimate of drug-likeness (QED) is 0.626. The van der Waals surface area contributed by atoms with Gasteiger partial charge in [-0.2, -0.15) is 0 Å². The summed E-state index contributed by atoms with van der Waals surface area (Å²) in [6.07, 6.45) is 5.61. The van der Waals surface area contributed by atoms with E-state index in [2.05, 4.69) is 10.2 Å². The van der Waals surface area contributed by atoms with Crippen molar-refractivity contribution in [1.29, 1.82) is 0 Å². The average Bonchev–Trinajstić information content (AvgIpc) is 2.77. The summed E-state index contributed by atoms with van der Waals surface area (Å²) in [5.41, 5.74) is 0.786. The van der Waals surface area contributed by atoms with Crippen molar-refractivity contribution in [2.75, 3.05) is 46.4 Å². The number of carbonyl (C=O) groups excluding carboxylic acids is 2. The molecule has 2 saturated heterocycles. The van der Waals surface area contributed by atoms with E-state index in [1.807, 2.05) is 0 Å². The third-order valence-electron chi connectivity index (χ3n) is 6.19. The first-order chi connectivity index (χ1) is 14.6. The molecule has 3 rings (SSSR count). The van der Waals surface area contributed by atoms with E-state index in [0.29, 0.717) is 32.5 Å². The zero-order valence-corrected chi connectivity index (χ0v) is 17.9. The topological polar surface area (TPSA) is 61.9 Å². The number of benzene rings is 1. The number of nitrogens with one attached hydrogen (secondary N) is 1. The number of hydrogen-bond donors (Lipinski definition) is 1. The molecule has 166 valence electrons. The molecule has 0 bridgehead atoms. The first-order valence-corrected chi connectivity index (χ1v) is 11.1. The van der Waals surface area contributed by atoms with E-state index in [1.165, 1.54) is 31.4 Å². The molecule has 6 nitrogen and oxygen atoms in total. The van der Waals surface area contributed by atoms with Gasteiger partial charge in [-0.1, -0.05) is 18.6 Å². The molecule has 2 aliphatic heterocycles. The van der Waals surface area contributed by atoms with Gasteiger partial charge in [0.15, 0.2) is 0 Å². The number of piperidine rings is 2. The molecule has 1 aromatic carbocycles. The Morgan fingerprint density at radius 1 is 1.17 bits per heavy atom. The highest BCUT2D eigenvalue weighted by Crippen LogP contribution is 2.36. The second-order valence-corrected chi connectivity index (χ2v) is 8.27. The second kappa shape index (κ2) is 11.4. The van der Waals surface area contributed by atoms with Crippen molar-refractivity contribution in [3.8, 4) is 0 Å². The van der Waals surface area contributed by atoms with Crippen molar-refractivity contribution in [2.45, 2.75) is 44.6 Å². The Balaban J connectivity index is 1.64. The summed E-state index contributed by atoms with van der Waals surface area (Å²) in [5, 5.41) is 3.09. The predicted molar refractivity (Wildman–Crippen MR) is 113 cm³/mol. The molecule has 2 fully saturated rings. The minimum absolute atomic E-state index is 0.00974. The van der Waals surface area contributed by atoms with Gasteiger partial charge in [0.05, 0.1) is 18.6 Å². The molecule has 0 aliphatic carbocycles. The number of methoxy groups -OCH3 is 1. The predicted octanol–water partition coefficient (Wildman–Crippen LogP) is 2.74. The summed E-state index contributed by atoms with van der Waals surface area (Å²) in [6, 6.07) is 5.72. The maximum absolute atomic E-state index is 13.5. The number of carbonyl (C=O) groups is 2. The highest BCUT2D eigenvalue weighted by atomic mass is 19.1. The fourth-order valence-corrected chi connectivity index (χ4v) is 4.58. The summed E-state index contributed by atoms with van der Waals surface area (Å²) >= 11 is 0. The third-order valence-corrected chi connectivity index (χ3v) is 6.19. The minimum Gasteiger partial charge on any atom is -0.383 e. The van der Waals surface area contributed by atoms with E-state index in [0.717, 1.165) is 31.6 Å². The van der Waals surface area contributed by atoms with Crippen LogP contribution in [-0.4, -0.2) is 68.1 Å². The van der Waals surface area contributed by atoms with Gasteiger partial charge >= 0.3 is 0 Å². The van der Waals surface area contributed by atoms with Gasteiger partial charge in [0, 0.05) is 26.6 Å². The number of likely N-dealkylation sites (tertiary alicyclic amines) is 2. The number of hydrogen-bond acceptors (Lipinski definition) is 4. The van der Waals surface area contributed by atoms with Crippen LogP contribution < -0.4 is 5.32 Å². The molecule has 7 heteroatoms. The molecule has 2 aliphatic rings. The monoisotopic (exact) mass is 419 g/mol. The maximum Gasteiger partial charge on any atom is 0.225 e. The minimum atomic E-state index is -0.399. The van der Waals surface area contributed by atoms with Crippen molar-refractivity contribution in [3.05, 3.63) is 35.6 Å². The van der Waals surface area contributed by atoms with Crippen LogP contribution in [0.25, 0.3) is 0 Å². The van der Waals surface area contributed by atoms with Crippen molar-refractivity contribution in [3.63, 3.8) is 0 Å². The molecule has 0 aromatic heterocycles. The Kier molecular flexibility index (Phi) is 8.63. The summed E-state index contributed by atoms with van der Waals surface area (Å²) in [5.74, 6) is -0.698. The van der Waals surface area contributed by atoms with Crippen LogP contribution in [0, 0.1) is 11.7 Å². The molecule has 0 unspecified atom stereocenters. The van der Waals surface area contributed by atoms with Gasteiger partial charge in [-0.3, -0.25) is 9.59 Å². The van der Waals surface area contributed by atoms with E-state index < -0.39 is 6.04 Å². The van der Waals surface area contributed by atoms with Gasteiger partial charge in [-0.25, -0.2) is 4.39 Å². The number of halogens is 1. The lowest BCUT2D eigenvalue weighted by Gasteiger charge is -2.40. The normalized spacial score (nSPS) is 22.9.